The average molecular weight is 151 g/mol. The van der Waals surface area contributed by atoms with Gasteiger partial charge in [0, 0.05) is 18.3 Å². The Morgan fingerprint density at radius 1 is 1.64 bits per heavy atom. The minimum absolute atomic E-state index is 0.396. The summed E-state index contributed by atoms with van der Waals surface area (Å²) >= 11 is 0. The van der Waals surface area contributed by atoms with Crippen LogP contribution in [0.3, 0.4) is 0 Å². The van der Waals surface area contributed by atoms with E-state index in [1.54, 1.807) is 0 Å². The summed E-state index contributed by atoms with van der Waals surface area (Å²) in [7, 11) is 1.88. The van der Waals surface area contributed by atoms with Crippen molar-refractivity contribution < 1.29 is 0 Å². The molecule has 1 rings (SSSR count). The Kier molecular flexibility index (Phi) is 2.98. The minimum atomic E-state index is 0.396. The molecule has 1 atom stereocenters. The van der Waals surface area contributed by atoms with E-state index in [0.29, 0.717) is 5.92 Å². The summed E-state index contributed by atoms with van der Waals surface area (Å²) in [6.07, 6.45) is 5.73. The van der Waals surface area contributed by atoms with Crippen molar-refractivity contribution in [1.82, 2.24) is 5.32 Å². The second-order valence-electron chi connectivity index (χ2n) is 2.55. The molecule has 0 fully saturated rings. The number of likely N-dealkylation sites (N-methyl/N-ethyl adjacent to an activating group) is 1. The van der Waals surface area contributed by atoms with E-state index in [9.17, 15) is 0 Å². The Bertz CT molecular complexity index is 203. The van der Waals surface area contributed by atoms with Crippen LogP contribution in [0.2, 0.25) is 0 Å². The van der Waals surface area contributed by atoms with Crippen molar-refractivity contribution in [1.29, 1.82) is 0 Å². The lowest BCUT2D eigenvalue weighted by atomic mass is 10.2. The van der Waals surface area contributed by atoms with Crippen molar-refractivity contribution in [3.63, 3.8) is 0 Å². The summed E-state index contributed by atoms with van der Waals surface area (Å²) in [5.41, 5.74) is 0. The van der Waals surface area contributed by atoms with Crippen molar-refractivity contribution in [3.8, 4) is 0 Å². The van der Waals surface area contributed by atoms with Gasteiger partial charge in [-0.3, -0.25) is 0 Å². The number of rotatable bonds is 2. The Morgan fingerprint density at radius 3 is 3.18 bits per heavy atom. The zero-order chi connectivity index (χ0) is 8.10. The zero-order valence-electron chi connectivity index (χ0n) is 6.91. The van der Waals surface area contributed by atoms with Crippen molar-refractivity contribution in [2.75, 3.05) is 13.6 Å². The fraction of sp³-hybridized carbons (Fsp3) is 0.500. The van der Waals surface area contributed by atoms with Gasteiger partial charge in [0.1, 0.15) is 5.84 Å². The molecule has 60 valence electrons. The van der Waals surface area contributed by atoms with E-state index in [1.165, 1.54) is 0 Å². The Hall–Kier alpha value is -0.960. The van der Waals surface area contributed by atoms with Gasteiger partial charge in [-0.25, -0.2) is 9.98 Å². The first-order chi connectivity index (χ1) is 5.33. The van der Waals surface area contributed by atoms with Crippen molar-refractivity contribution in [2.24, 2.45) is 15.9 Å². The molecule has 0 aromatic heterocycles. The first-order valence-corrected chi connectivity index (χ1v) is 3.75. The van der Waals surface area contributed by atoms with E-state index < -0.39 is 0 Å². The van der Waals surface area contributed by atoms with Crippen LogP contribution in [0.15, 0.2) is 22.3 Å². The second kappa shape index (κ2) is 4.03. The quantitative estimate of drug-likeness (QED) is 0.623. The van der Waals surface area contributed by atoms with Crippen molar-refractivity contribution in [3.05, 3.63) is 12.3 Å². The standard InChI is InChI=1S/C8H13N3/c1-7-3-4-10-8(6-9-2)11-5-7/h3-5,7,9H,6H2,1-2H3. The molecule has 0 aromatic rings. The molecule has 0 aliphatic carbocycles. The lowest BCUT2D eigenvalue weighted by Crippen LogP contribution is -2.16. The Labute approximate surface area is 66.9 Å². The van der Waals surface area contributed by atoms with Crippen LogP contribution in [0.5, 0.6) is 0 Å². The van der Waals surface area contributed by atoms with Crippen LogP contribution >= 0.6 is 0 Å². The minimum Gasteiger partial charge on any atom is -0.313 e. The second-order valence-corrected chi connectivity index (χ2v) is 2.55. The van der Waals surface area contributed by atoms with E-state index >= 15 is 0 Å². The maximum Gasteiger partial charge on any atom is 0.141 e. The van der Waals surface area contributed by atoms with Gasteiger partial charge < -0.3 is 5.32 Å². The highest BCUT2D eigenvalue weighted by Crippen LogP contribution is 1.98. The summed E-state index contributed by atoms with van der Waals surface area (Å²) in [5.74, 6) is 1.24. The van der Waals surface area contributed by atoms with Crippen LogP contribution in [0.4, 0.5) is 0 Å². The van der Waals surface area contributed by atoms with Crippen LogP contribution in [-0.2, 0) is 0 Å². The molecule has 1 aliphatic heterocycles. The molecule has 11 heavy (non-hydrogen) atoms. The molecule has 0 spiro atoms. The fourth-order valence-electron chi connectivity index (χ4n) is 0.801. The molecule has 3 nitrogen and oxygen atoms in total. The number of amidine groups is 1. The third kappa shape index (κ3) is 2.63. The lowest BCUT2D eigenvalue weighted by molar-refractivity contribution is 0.939. The normalized spacial score (nSPS) is 23.1. The van der Waals surface area contributed by atoms with Crippen LogP contribution in [0.25, 0.3) is 0 Å². The maximum absolute atomic E-state index is 4.19. The Morgan fingerprint density at radius 2 is 2.45 bits per heavy atom. The molecule has 0 saturated carbocycles. The maximum atomic E-state index is 4.19. The number of hydrogen-bond acceptors (Lipinski definition) is 3. The van der Waals surface area contributed by atoms with E-state index in [2.05, 4.69) is 22.2 Å². The van der Waals surface area contributed by atoms with Gasteiger partial charge in [-0.1, -0.05) is 13.0 Å². The third-order valence-corrected chi connectivity index (χ3v) is 1.41. The molecule has 0 saturated heterocycles. The van der Waals surface area contributed by atoms with Gasteiger partial charge in [0.15, 0.2) is 0 Å². The summed E-state index contributed by atoms with van der Waals surface area (Å²) < 4.78 is 0. The SMILES string of the molecule is CNCC1=NC=CC(C)C=N1. The van der Waals surface area contributed by atoms with Crippen LogP contribution in [0.1, 0.15) is 6.92 Å². The molecular formula is C8H13N3. The van der Waals surface area contributed by atoms with Gasteiger partial charge in [-0.2, -0.15) is 0 Å². The average Bonchev–Trinajstić information content (AvgIpc) is 2.17. The molecule has 1 heterocycles. The highest BCUT2D eigenvalue weighted by atomic mass is 15.0. The number of hydrogen-bond donors (Lipinski definition) is 1. The van der Waals surface area contributed by atoms with Gasteiger partial charge in [0.05, 0.1) is 6.54 Å². The largest absolute Gasteiger partial charge is 0.313 e. The smallest absolute Gasteiger partial charge is 0.141 e. The summed E-state index contributed by atoms with van der Waals surface area (Å²) in [4.78, 5) is 8.33. The molecule has 0 amide bonds. The topological polar surface area (TPSA) is 36.8 Å². The molecule has 3 heteroatoms. The van der Waals surface area contributed by atoms with E-state index in [4.69, 9.17) is 0 Å². The monoisotopic (exact) mass is 151 g/mol. The van der Waals surface area contributed by atoms with Crippen LogP contribution in [-0.4, -0.2) is 25.6 Å². The molecule has 1 N–H and O–H groups in total. The third-order valence-electron chi connectivity index (χ3n) is 1.41. The highest BCUT2D eigenvalue weighted by molar-refractivity contribution is 5.92. The molecule has 0 bridgehead atoms. The molecule has 0 radical (unpaired) electrons. The molecule has 1 unspecified atom stereocenters. The number of aliphatic imine (C=N–C) groups is 2. The lowest BCUT2D eigenvalue weighted by Gasteiger charge is -1.95. The first kappa shape index (κ1) is 8.14. The Balaban J connectivity index is 2.61. The molecular weight excluding hydrogens is 138 g/mol. The predicted molar refractivity (Wildman–Crippen MR) is 48.2 cm³/mol. The van der Waals surface area contributed by atoms with Crippen LogP contribution in [0, 0.1) is 5.92 Å². The first-order valence-electron chi connectivity index (χ1n) is 3.75. The summed E-state index contributed by atoms with van der Waals surface area (Å²) in [5, 5.41) is 3.00. The number of nitrogens with one attached hydrogen (secondary N) is 1. The van der Waals surface area contributed by atoms with Gasteiger partial charge >= 0.3 is 0 Å². The van der Waals surface area contributed by atoms with E-state index in [-0.39, 0.29) is 0 Å². The summed E-state index contributed by atoms with van der Waals surface area (Å²) in [6, 6.07) is 0. The highest BCUT2D eigenvalue weighted by Gasteiger charge is 1.97. The van der Waals surface area contributed by atoms with Gasteiger partial charge in [0.2, 0.25) is 0 Å². The predicted octanol–water partition coefficient (Wildman–Crippen LogP) is 0.839. The number of allylic oxidation sites excluding steroid dienone is 1. The van der Waals surface area contributed by atoms with Crippen LogP contribution < -0.4 is 5.32 Å². The molecule has 0 aromatic carbocycles. The fourth-order valence-corrected chi connectivity index (χ4v) is 0.801. The summed E-state index contributed by atoms with van der Waals surface area (Å²) in [6.45, 7) is 2.81. The van der Waals surface area contributed by atoms with E-state index in [1.807, 2.05) is 25.5 Å². The van der Waals surface area contributed by atoms with Crippen molar-refractivity contribution >= 4 is 12.1 Å². The van der Waals surface area contributed by atoms with Gasteiger partial charge in [-0.15, -0.1) is 0 Å². The van der Waals surface area contributed by atoms with E-state index in [0.717, 1.165) is 12.4 Å². The molecule has 1 aliphatic rings. The van der Waals surface area contributed by atoms with Gasteiger partial charge in [0.25, 0.3) is 0 Å². The number of nitrogens with zero attached hydrogens (tertiary/aromatic N) is 2. The van der Waals surface area contributed by atoms with Gasteiger partial charge in [-0.05, 0) is 7.05 Å². The van der Waals surface area contributed by atoms with Crippen molar-refractivity contribution in [2.45, 2.75) is 6.92 Å². The zero-order valence-corrected chi connectivity index (χ0v) is 6.91.